The molecule has 1 rings (SSSR count). The van der Waals surface area contributed by atoms with Crippen LogP contribution in [0, 0.1) is 5.41 Å². The second-order valence-corrected chi connectivity index (χ2v) is 7.66. The molecule has 0 aromatic heterocycles. The van der Waals surface area contributed by atoms with Crippen molar-refractivity contribution in [3.05, 3.63) is 44.7 Å². The molecule has 0 aliphatic heterocycles. The summed E-state index contributed by atoms with van der Waals surface area (Å²) in [5, 5.41) is 3.66. The molecule has 0 aliphatic rings. The summed E-state index contributed by atoms with van der Waals surface area (Å²) in [6, 6.07) is 7.77. The molecule has 1 aromatic rings. The molecular weight excluding hydrogens is 358 g/mol. The zero-order valence-electron chi connectivity index (χ0n) is 14.2. The van der Waals surface area contributed by atoms with Crippen molar-refractivity contribution >= 4 is 21.9 Å². The fraction of sp³-hybridized carbons (Fsp3) is 0.588. The minimum Gasteiger partial charge on any atom is -0.468 e. The van der Waals surface area contributed by atoms with Gasteiger partial charge in [-0.15, -0.1) is 0 Å². The fourth-order valence-electron chi connectivity index (χ4n) is 2.64. The number of methoxy groups -OCH3 is 1. The Morgan fingerprint density at radius 1 is 1.35 bits per heavy atom. The molecule has 6 heteroatoms. The Kier molecular flexibility index (Phi) is 7.10. The number of halogens is 1. The number of azide groups is 1. The van der Waals surface area contributed by atoms with Crippen LogP contribution < -0.4 is 0 Å². The van der Waals surface area contributed by atoms with Gasteiger partial charge in [-0.2, -0.15) is 0 Å². The van der Waals surface area contributed by atoms with Crippen molar-refractivity contribution in [3.8, 4) is 0 Å². The van der Waals surface area contributed by atoms with Gasteiger partial charge in [0.2, 0.25) is 0 Å². The molecule has 0 heterocycles. The molecule has 0 saturated heterocycles. The summed E-state index contributed by atoms with van der Waals surface area (Å²) in [7, 11) is 1.42. The predicted octanol–water partition coefficient (Wildman–Crippen LogP) is 5.39. The Hall–Kier alpha value is -1.52. The Bertz CT molecular complexity index is 597. The average molecular weight is 382 g/mol. The van der Waals surface area contributed by atoms with Gasteiger partial charge in [0.25, 0.3) is 0 Å². The van der Waals surface area contributed by atoms with Gasteiger partial charge in [-0.25, -0.2) is 0 Å². The van der Waals surface area contributed by atoms with E-state index in [1.165, 1.54) is 7.11 Å². The number of benzene rings is 1. The van der Waals surface area contributed by atoms with Crippen LogP contribution in [0.4, 0.5) is 0 Å². The molecule has 1 unspecified atom stereocenters. The predicted molar refractivity (Wildman–Crippen MR) is 95.2 cm³/mol. The molecule has 1 atom stereocenters. The van der Waals surface area contributed by atoms with Gasteiger partial charge in [-0.05, 0) is 48.4 Å². The van der Waals surface area contributed by atoms with E-state index < -0.39 is 5.41 Å². The first-order chi connectivity index (χ1) is 10.7. The van der Waals surface area contributed by atoms with Crippen LogP contribution in [0.5, 0.6) is 0 Å². The molecule has 0 saturated carbocycles. The van der Waals surface area contributed by atoms with Crippen LogP contribution in [-0.2, 0) is 14.9 Å². The van der Waals surface area contributed by atoms with E-state index in [1.54, 1.807) is 0 Å². The van der Waals surface area contributed by atoms with E-state index in [1.807, 2.05) is 31.2 Å². The minimum atomic E-state index is -0.687. The quantitative estimate of drug-likeness (QED) is 0.262. The van der Waals surface area contributed by atoms with Crippen molar-refractivity contribution in [2.45, 2.75) is 45.4 Å². The van der Waals surface area contributed by atoms with Crippen molar-refractivity contribution < 1.29 is 9.53 Å². The molecule has 0 radical (unpaired) electrons. The molecule has 0 fully saturated rings. The monoisotopic (exact) mass is 381 g/mol. The summed E-state index contributed by atoms with van der Waals surface area (Å²) < 4.78 is 5.98. The highest BCUT2D eigenvalue weighted by molar-refractivity contribution is 9.10. The summed E-state index contributed by atoms with van der Waals surface area (Å²) in [5.41, 5.74) is 8.62. The maximum Gasteiger partial charge on any atom is 0.315 e. The van der Waals surface area contributed by atoms with Gasteiger partial charge in [0, 0.05) is 15.9 Å². The van der Waals surface area contributed by atoms with Crippen LogP contribution >= 0.6 is 15.9 Å². The van der Waals surface area contributed by atoms with Gasteiger partial charge in [0.05, 0.1) is 12.5 Å². The third kappa shape index (κ3) is 5.56. The Balaban J connectivity index is 2.88. The van der Waals surface area contributed by atoms with Crippen LogP contribution in [0.3, 0.4) is 0 Å². The van der Waals surface area contributed by atoms with Gasteiger partial charge in [0.15, 0.2) is 0 Å². The molecule has 0 N–H and O–H groups in total. The molecule has 0 aliphatic carbocycles. The van der Waals surface area contributed by atoms with Gasteiger partial charge in [-0.3, -0.25) is 4.79 Å². The van der Waals surface area contributed by atoms with E-state index in [0.29, 0.717) is 13.0 Å². The lowest BCUT2D eigenvalue weighted by Crippen LogP contribution is -2.34. The second-order valence-electron chi connectivity index (χ2n) is 6.74. The first-order valence-electron chi connectivity index (χ1n) is 7.60. The van der Waals surface area contributed by atoms with E-state index >= 15 is 0 Å². The third-order valence-corrected chi connectivity index (χ3v) is 4.68. The maximum absolute atomic E-state index is 12.4. The van der Waals surface area contributed by atoms with Crippen LogP contribution in [0.25, 0.3) is 10.4 Å². The molecule has 1 aromatic carbocycles. The molecular formula is C17H24BrN3O2. The minimum absolute atomic E-state index is 0.0828. The standard InChI is InChI=1S/C17H24BrN3O2/c1-16(2,12-20-21-19)9-6-10-17(3,15(22)23-4)13-7-5-8-14(18)11-13/h5,7-8,11H,6,9-10,12H2,1-4H3. The van der Waals surface area contributed by atoms with Crippen LogP contribution in [0.2, 0.25) is 0 Å². The second kappa shape index (κ2) is 8.37. The number of hydrogen-bond acceptors (Lipinski definition) is 3. The van der Waals surface area contributed by atoms with Crippen molar-refractivity contribution in [3.63, 3.8) is 0 Å². The fourth-order valence-corrected chi connectivity index (χ4v) is 3.04. The first-order valence-corrected chi connectivity index (χ1v) is 8.40. The SMILES string of the molecule is COC(=O)C(C)(CCCC(C)(C)CN=[N+]=[N-])c1cccc(Br)c1. The van der Waals surface area contributed by atoms with Crippen molar-refractivity contribution in [1.82, 2.24) is 0 Å². The number of carbonyl (C=O) groups is 1. The number of rotatable bonds is 8. The highest BCUT2D eigenvalue weighted by Crippen LogP contribution is 2.35. The summed E-state index contributed by atoms with van der Waals surface area (Å²) in [4.78, 5) is 15.2. The highest BCUT2D eigenvalue weighted by atomic mass is 79.9. The van der Waals surface area contributed by atoms with Crippen LogP contribution in [0.15, 0.2) is 33.9 Å². The third-order valence-electron chi connectivity index (χ3n) is 4.19. The number of ether oxygens (including phenoxy) is 1. The average Bonchev–Trinajstić information content (AvgIpc) is 2.51. The summed E-state index contributed by atoms with van der Waals surface area (Å²) >= 11 is 3.46. The molecule has 5 nitrogen and oxygen atoms in total. The smallest absolute Gasteiger partial charge is 0.315 e. The summed E-state index contributed by atoms with van der Waals surface area (Å²) in [6.07, 6.45) is 2.38. The largest absolute Gasteiger partial charge is 0.468 e. The van der Waals surface area contributed by atoms with Gasteiger partial charge < -0.3 is 4.74 Å². The zero-order valence-corrected chi connectivity index (χ0v) is 15.8. The zero-order chi connectivity index (χ0) is 17.5. The van der Waals surface area contributed by atoms with E-state index in [2.05, 4.69) is 39.8 Å². The molecule has 0 spiro atoms. The lowest BCUT2D eigenvalue weighted by atomic mass is 9.76. The summed E-state index contributed by atoms with van der Waals surface area (Å²) in [5.74, 6) is -0.233. The molecule has 0 amide bonds. The van der Waals surface area contributed by atoms with E-state index in [9.17, 15) is 4.79 Å². The lowest BCUT2D eigenvalue weighted by Gasteiger charge is -2.29. The number of esters is 1. The molecule has 126 valence electrons. The first kappa shape index (κ1) is 19.5. The van der Waals surface area contributed by atoms with Crippen molar-refractivity contribution in [2.24, 2.45) is 10.5 Å². The van der Waals surface area contributed by atoms with E-state index in [-0.39, 0.29) is 11.4 Å². The Morgan fingerprint density at radius 3 is 2.61 bits per heavy atom. The normalized spacial score (nSPS) is 13.8. The molecule has 0 bridgehead atoms. The Morgan fingerprint density at radius 2 is 2.04 bits per heavy atom. The van der Waals surface area contributed by atoms with Crippen LogP contribution in [0.1, 0.15) is 45.6 Å². The topological polar surface area (TPSA) is 75.1 Å². The maximum atomic E-state index is 12.4. The van der Waals surface area contributed by atoms with Gasteiger partial charge in [0.1, 0.15) is 0 Å². The summed E-state index contributed by atoms with van der Waals surface area (Å²) in [6.45, 7) is 6.50. The van der Waals surface area contributed by atoms with Gasteiger partial charge in [-0.1, -0.05) is 53.4 Å². The lowest BCUT2D eigenvalue weighted by molar-refractivity contribution is -0.147. The number of carbonyl (C=O) groups excluding carboxylic acids is 1. The van der Waals surface area contributed by atoms with Crippen LogP contribution in [-0.4, -0.2) is 19.6 Å². The van der Waals surface area contributed by atoms with Crippen molar-refractivity contribution in [2.75, 3.05) is 13.7 Å². The van der Waals surface area contributed by atoms with E-state index in [4.69, 9.17) is 10.3 Å². The highest BCUT2D eigenvalue weighted by Gasteiger charge is 2.36. The number of nitrogens with zero attached hydrogens (tertiary/aromatic N) is 3. The number of hydrogen-bond donors (Lipinski definition) is 0. The van der Waals surface area contributed by atoms with E-state index in [0.717, 1.165) is 22.9 Å². The van der Waals surface area contributed by atoms with Crippen molar-refractivity contribution in [1.29, 1.82) is 0 Å². The molecule has 23 heavy (non-hydrogen) atoms. The Labute approximate surface area is 146 Å². The van der Waals surface area contributed by atoms with Gasteiger partial charge >= 0.3 is 5.97 Å².